The molecule has 0 atom stereocenters. The maximum Gasteiger partial charge on any atom is 0.0592 e. The van der Waals surface area contributed by atoms with Gasteiger partial charge in [0.2, 0.25) is 0 Å². The van der Waals surface area contributed by atoms with Crippen molar-refractivity contribution in [3.8, 4) is 0 Å². The second-order valence-corrected chi connectivity index (χ2v) is 3.05. The van der Waals surface area contributed by atoms with Crippen molar-refractivity contribution in [2.45, 2.75) is 19.3 Å². The summed E-state index contributed by atoms with van der Waals surface area (Å²) in [5, 5.41) is 0.764. The second kappa shape index (κ2) is 2.24. The number of pyridine rings is 1. The standard InChI is InChI=1S/C8H8ClN/c9-7-4-6-2-1-3-8(6)10-5-7/h4-5H,1-3H2. The molecule has 2 rings (SSSR count). The van der Waals surface area contributed by atoms with E-state index < -0.39 is 0 Å². The van der Waals surface area contributed by atoms with Gasteiger partial charge in [0.25, 0.3) is 0 Å². The summed E-state index contributed by atoms with van der Waals surface area (Å²) in [6.07, 6.45) is 5.25. The maximum atomic E-state index is 5.76. The highest BCUT2D eigenvalue weighted by molar-refractivity contribution is 6.30. The molecular weight excluding hydrogens is 146 g/mol. The lowest BCUT2D eigenvalue weighted by atomic mass is 10.2. The summed E-state index contributed by atoms with van der Waals surface area (Å²) < 4.78 is 0. The molecule has 0 saturated carbocycles. The van der Waals surface area contributed by atoms with E-state index in [1.165, 1.54) is 17.7 Å². The Balaban J connectivity index is 2.52. The quantitative estimate of drug-likeness (QED) is 0.557. The molecule has 0 N–H and O–H groups in total. The van der Waals surface area contributed by atoms with Crippen molar-refractivity contribution in [2.75, 3.05) is 0 Å². The summed E-state index contributed by atoms with van der Waals surface area (Å²) in [6, 6.07) is 2.02. The van der Waals surface area contributed by atoms with Gasteiger partial charge in [-0.05, 0) is 30.9 Å². The Morgan fingerprint density at radius 2 is 2.30 bits per heavy atom. The van der Waals surface area contributed by atoms with Crippen LogP contribution in [0, 0.1) is 0 Å². The van der Waals surface area contributed by atoms with Crippen LogP contribution in [0.25, 0.3) is 0 Å². The van der Waals surface area contributed by atoms with Crippen LogP contribution in [0.15, 0.2) is 12.3 Å². The Labute approximate surface area is 65.0 Å². The van der Waals surface area contributed by atoms with Gasteiger partial charge in [-0.1, -0.05) is 11.6 Å². The average Bonchev–Trinajstić information content (AvgIpc) is 2.33. The van der Waals surface area contributed by atoms with Crippen LogP contribution in [0.1, 0.15) is 17.7 Å². The van der Waals surface area contributed by atoms with Gasteiger partial charge in [-0.2, -0.15) is 0 Å². The number of rotatable bonds is 0. The predicted octanol–water partition coefficient (Wildman–Crippen LogP) is 2.22. The van der Waals surface area contributed by atoms with E-state index >= 15 is 0 Å². The highest BCUT2D eigenvalue weighted by Crippen LogP contribution is 2.21. The van der Waals surface area contributed by atoms with Gasteiger partial charge in [-0.25, -0.2) is 0 Å². The second-order valence-electron chi connectivity index (χ2n) is 2.61. The van der Waals surface area contributed by atoms with Crippen molar-refractivity contribution in [2.24, 2.45) is 0 Å². The van der Waals surface area contributed by atoms with Crippen LogP contribution in [0.3, 0.4) is 0 Å². The molecule has 2 heteroatoms. The largest absolute Gasteiger partial charge is 0.259 e. The number of aryl methyl sites for hydroxylation is 2. The molecule has 0 aromatic carbocycles. The molecule has 1 aliphatic rings. The van der Waals surface area contributed by atoms with Gasteiger partial charge in [0.05, 0.1) is 5.02 Å². The normalized spacial score (nSPS) is 15.3. The van der Waals surface area contributed by atoms with Gasteiger partial charge in [0.1, 0.15) is 0 Å². The van der Waals surface area contributed by atoms with E-state index in [4.69, 9.17) is 11.6 Å². The first-order valence-electron chi connectivity index (χ1n) is 3.49. The lowest BCUT2D eigenvalue weighted by Crippen LogP contribution is -1.85. The van der Waals surface area contributed by atoms with Crippen LogP contribution in [0.4, 0.5) is 0 Å². The Morgan fingerprint density at radius 1 is 1.40 bits per heavy atom. The molecule has 0 amide bonds. The van der Waals surface area contributed by atoms with Crippen LogP contribution in [-0.4, -0.2) is 4.98 Å². The van der Waals surface area contributed by atoms with E-state index in [9.17, 15) is 0 Å². The minimum atomic E-state index is 0.764. The molecule has 0 fully saturated rings. The van der Waals surface area contributed by atoms with Gasteiger partial charge in [-0.3, -0.25) is 4.98 Å². The van der Waals surface area contributed by atoms with Crippen molar-refractivity contribution >= 4 is 11.6 Å². The molecule has 1 aromatic rings. The lowest BCUT2D eigenvalue weighted by Gasteiger charge is -1.95. The first-order valence-corrected chi connectivity index (χ1v) is 3.87. The summed E-state index contributed by atoms with van der Waals surface area (Å²) in [5.41, 5.74) is 2.58. The molecular formula is C8H8ClN. The van der Waals surface area contributed by atoms with E-state index in [0.717, 1.165) is 17.9 Å². The van der Waals surface area contributed by atoms with E-state index in [-0.39, 0.29) is 0 Å². The number of halogens is 1. The van der Waals surface area contributed by atoms with Crippen molar-refractivity contribution in [3.63, 3.8) is 0 Å². The van der Waals surface area contributed by atoms with Gasteiger partial charge in [0, 0.05) is 11.9 Å². The zero-order valence-corrected chi connectivity index (χ0v) is 6.36. The lowest BCUT2D eigenvalue weighted by molar-refractivity contribution is 0.899. The zero-order chi connectivity index (χ0) is 6.97. The first-order chi connectivity index (χ1) is 4.86. The van der Waals surface area contributed by atoms with Crippen LogP contribution >= 0.6 is 11.6 Å². The van der Waals surface area contributed by atoms with E-state index in [1.807, 2.05) is 6.07 Å². The van der Waals surface area contributed by atoms with E-state index in [1.54, 1.807) is 6.20 Å². The van der Waals surface area contributed by atoms with Gasteiger partial charge in [-0.15, -0.1) is 0 Å². The summed E-state index contributed by atoms with van der Waals surface area (Å²) in [4.78, 5) is 4.23. The Hall–Kier alpha value is -0.560. The van der Waals surface area contributed by atoms with Gasteiger partial charge >= 0.3 is 0 Å². The summed E-state index contributed by atoms with van der Waals surface area (Å²) >= 11 is 5.76. The SMILES string of the molecule is Clc1cnc2c(c1)CCC2. The van der Waals surface area contributed by atoms with Crippen LogP contribution in [0.5, 0.6) is 0 Å². The molecule has 0 bridgehead atoms. The third-order valence-electron chi connectivity index (χ3n) is 1.89. The summed E-state index contributed by atoms with van der Waals surface area (Å²) in [5.74, 6) is 0. The zero-order valence-electron chi connectivity index (χ0n) is 5.60. The molecule has 1 aromatic heterocycles. The van der Waals surface area contributed by atoms with E-state index in [2.05, 4.69) is 4.98 Å². The summed E-state index contributed by atoms with van der Waals surface area (Å²) in [7, 11) is 0. The molecule has 0 unspecified atom stereocenters. The molecule has 1 nitrogen and oxygen atoms in total. The van der Waals surface area contributed by atoms with Crippen molar-refractivity contribution < 1.29 is 0 Å². The maximum absolute atomic E-state index is 5.76. The third kappa shape index (κ3) is 0.907. The molecule has 52 valence electrons. The number of nitrogens with zero attached hydrogens (tertiary/aromatic N) is 1. The predicted molar refractivity (Wildman–Crippen MR) is 41.3 cm³/mol. The fourth-order valence-electron chi connectivity index (χ4n) is 1.40. The summed E-state index contributed by atoms with van der Waals surface area (Å²) in [6.45, 7) is 0. The molecule has 0 spiro atoms. The van der Waals surface area contributed by atoms with Crippen molar-refractivity contribution in [1.82, 2.24) is 4.98 Å². The van der Waals surface area contributed by atoms with Crippen LogP contribution in [-0.2, 0) is 12.8 Å². The average molecular weight is 154 g/mol. The molecule has 1 aliphatic carbocycles. The number of hydrogen-bond acceptors (Lipinski definition) is 1. The van der Waals surface area contributed by atoms with Gasteiger partial charge in [0.15, 0.2) is 0 Å². The Morgan fingerprint density at radius 3 is 3.20 bits per heavy atom. The molecule has 0 aliphatic heterocycles. The fourth-order valence-corrected chi connectivity index (χ4v) is 1.58. The minimum absolute atomic E-state index is 0.764. The smallest absolute Gasteiger partial charge is 0.0592 e. The van der Waals surface area contributed by atoms with Crippen molar-refractivity contribution in [3.05, 3.63) is 28.5 Å². The molecule has 10 heavy (non-hydrogen) atoms. The van der Waals surface area contributed by atoms with Crippen LogP contribution in [0.2, 0.25) is 5.02 Å². The number of fused-ring (bicyclic) bond motifs is 1. The number of hydrogen-bond donors (Lipinski definition) is 0. The topological polar surface area (TPSA) is 12.9 Å². The molecule has 0 saturated heterocycles. The monoisotopic (exact) mass is 153 g/mol. The Bertz CT molecular complexity index is 257. The number of aromatic nitrogens is 1. The highest BCUT2D eigenvalue weighted by Gasteiger charge is 2.11. The Kier molecular flexibility index (Phi) is 1.38. The van der Waals surface area contributed by atoms with Crippen molar-refractivity contribution in [1.29, 1.82) is 0 Å². The molecule has 0 radical (unpaired) electrons. The molecule has 1 heterocycles. The minimum Gasteiger partial charge on any atom is -0.259 e. The van der Waals surface area contributed by atoms with E-state index in [0.29, 0.717) is 0 Å². The van der Waals surface area contributed by atoms with Gasteiger partial charge < -0.3 is 0 Å². The fraction of sp³-hybridized carbons (Fsp3) is 0.375. The first kappa shape index (κ1) is 6.17. The third-order valence-corrected chi connectivity index (χ3v) is 2.09. The highest BCUT2D eigenvalue weighted by atomic mass is 35.5. The van der Waals surface area contributed by atoms with Crippen LogP contribution < -0.4 is 0 Å².